The van der Waals surface area contributed by atoms with Crippen molar-refractivity contribution in [3.05, 3.63) is 96.4 Å². The molecule has 1 aliphatic rings. The molecule has 4 aromatic rings. The van der Waals surface area contributed by atoms with Crippen LogP contribution in [0.15, 0.2) is 85.1 Å². The molecule has 0 unspecified atom stereocenters. The summed E-state index contributed by atoms with van der Waals surface area (Å²) in [5, 5.41) is 40.1. The Morgan fingerprint density at radius 3 is 2.45 bits per heavy atom. The van der Waals surface area contributed by atoms with Crippen molar-refractivity contribution in [2.75, 3.05) is 38.7 Å². The monoisotopic (exact) mass is 605 g/mol. The normalized spacial score (nSPS) is 21.5. The molecule has 1 aliphatic heterocycles. The number of ether oxygens (including phenoxy) is 2. The first-order valence-corrected chi connectivity index (χ1v) is 14.3. The zero-order valence-electron chi connectivity index (χ0n) is 24.5. The molecule has 1 saturated heterocycles. The topological polar surface area (TPSA) is 133 Å². The van der Waals surface area contributed by atoms with Crippen molar-refractivity contribution in [3.8, 4) is 17.0 Å². The number of carbonyl (C=O) groups excluding carboxylic acids is 1. The van der Waals surface area contributed by atoms with E-state index in [9.17, 15) is 24.5 Å². The summed E-state index contributed by atoms with van der Waals surface area (Å²) in [5.74, 6) is -0.225. The summed E-state index contributed by atoms with van der Waals surface area (Å²) in [5.41, 5.74) is 2.77. The van der Waals surface area contributed by atoms with E-state index in [1.54, 1.807) is 13.1 Å². The number of hydrogen-bond donors (Lipinski definition) is 3. The van der Waals surface area contributed by atoms with E-state index in [1.807, 2.05) is 66.5 Å². The van der Waals surface area contributed by atoms with Crippen molar-refractivity contribution in [2.45, 2.75) is 37.1 Å². The molecule has 1 fully saturated rings. The summed E-state index contributed by atoms with van der Waals surface area (Å²) in [6, 6.07) is 22.2. The highest BCUT2D eigenvalue weighted by Gasteiger charge is 2.49. The molecule has 5 rings (SSSR count). The molecule has 44 heavy (non-hydrogen) atoms. The van der Waals surface area contributed by atoms with Crippen LogP contribution in [-0.4, -0.2) is 99.3 Å². The molecule has 2 heterocycles. The van der Waals surface area contributed by atoms with Crippen LogP contribution in [0.4, 0.5) is 10.1 Å². The zero-order valence-corrected chi connectivity index (χ0v) is 24.5. The predicted octanol–water partition coefficient (Wildman–Crippen LogP) is 2.28. The molecule has 3 aromatic carbocycles. The maximum Gasteiger partial charge on any atom is 0.254 e. The molecule has 0 radical (unpaired) electrons. The highest BCUT2D eigenvalue weighted by Crippen LogP contribution is 2.32. The first kappa shape index (κ1) is 31.1. The lowest BCUT2D eigenvalue weighted by Gasteiger charge is -2.42. The van der Waals surface area contributed by atoms with Gasteiger partial charge in [-0.15, -0.1) is 5.10 Å². The number of likely N-dealkylation sites (N-methyl/N-ethyl adjacent to an activating group) is 2. The third kappa shape index (κ3) is 7.05. The molecule has 12 heteroatoms. The molecule has 1 aromatic heterocycles. The van der Waals surface area contributed by atoms with Crippen LogP contribution < -0.4 is 9.64 Å². The highest BCUT2D eigenvalue weighted by molar-refractivity contribution is 5.81. The Labute approximate surface area is 254 Å². The van der Waals surface area contributed by atoms with Crippen molar-refractivity contribution >= 4 is 11.6 Å². The lowest BCUT2D eigenvalue weighted by Crippen LogP contribution is -2.60. The SMILES string of the molecule is CN(CCN(C)c1ccc(OCc2ccccc2)cc1)C(=O)[C@@H]1O[C@H](CO)[C@H](O)[C@H](n2cc(-c3cccc(F)c3)nn2)[C@H]1O. The van der Waals surface area contributed by atoms with Crippen LogP contribution in [0.2, 0.25) is 0 Å². The Kier molecular flexibility index (Phi) is 9.85. The van der Waals surface area contributed by atoms with Crippen molar-refractivity contribution in [1.29, 1.82) is 0 Å². The smallest absolute Gasteiger partial charge is 0.254 e. The second-order valence-electron chi connectivity index (χ2n) is 10.8. The van der Waals surface area contributed by atoms with E-state index in [1.165, 1.54) is 34.0 Å². The van der Waals surface area contributed by atoms with E-state index in [-0.39, 0.29) is 0 Å². The van der Waals surface area contributed by atoms with Crippen LogP contribution in [-0.2, 0) is 16.1 Å². The largest absolute Gasteiger partial charge is 0.489 e. The number of amides is 1. The average molecular weight is 606 g/mol. The summed E-state index contributed by atoms with van der Waals surface area (Å²) in [4.78, 5) is 16.9. The maximum atomic E-state index is 13.7. The van der Waals surface area contributed by atoms with Crippen molar-refractivity contribution in [1.82, 2.24) is 19.9 Å². The Bertz CT molecular complexity index is 1520. The zero-order chi connectivity index (χ0) is 31.2. The van der Waals surface area contributed by atoms with Gasteiger partial charge in [-0.05, 0) is 42.0 Å². The third-order valence-corrected chi connectivity index (χ3v) is 7.74. The van der Waals surface area contributed by atoms with Gasteiger partial charge in [-0.25, -0.2) is 9.07 Å². The van der Waals surface area contributed by atoms with Crippen LogP contribution in [0, 0.1) is 5.82 Å². The van der Waals surface area contributed by atoms with Crippen molar-refractivity contribution in [3.63, 3.8) is 0 Å². The van der Waals surface area contributed by atoms with Gasteiger partial charge in [0.05, 0.1) is 12.8 Å². The molecular weight excluding hydrogens is 569 g/mol. The Balaban J connectivity index is 1.20. The second kappa shape index (κ2) is 14.0. The second-order valence-corrected chi connectivity index (χ2v) is 10.8. The van der Waals surface area contributed by atoms with E-state index in [0.717, 1.165) is 17.0 Å². The molecule has 11 nitrogen and oxygen atoms in total. The number of benzene rings is 3. The minimum absolute atomic E-state index is 0.304. The Hall–Kier alpha value is -4.36. The van der Waals surface area contributed by atoms with Gasteiger partial charge in [0.15, 0.2) is 6.10 Å². The van der Waals surface area contributed by atoms with Gasteiger partial charge < -0.3 is 34.6 Å². The molecular formula is C32H36FN5O6. The lowest BCUT2D eigenvalue weighted by atomic mass is 9.92. The van der Waals surface area contributed by atoms with Crippen LogP contribution in [0.5, 0.6) is 5.75 Å². The third-order valence-electron chi connectivity index (χ3n) is 7.74. The van der Waals surface area contributed by atoms with Crippen LogP contribution in [0.3, 0.4) is 0 Å². The fourth-order valence-electron chi connectivity index (χ4n) is 5.12. The van der Waals surface area contributed by atoms with Gasteiger partial charge in [0, 0.05) is 38.4 Å². The number of rotatable bonds is 11. The molecule has 0 aliphatic carbocycles. The number of halogens is 1. The minimum Gasteiger partial charge on any atom is -0.489 e. The van der Waals surface area contributed by atoms with Gasteiger partial charge in [-0.2, -0.15) is 0 Å². The quantitative estimate of drug-likeness (QED) is 0.236. The van der Waals surface area contributed by atoms with Gasteiger partial charge in [-0.1, -0.05) is 47.7 Å². The van der Waals surface area contributed by atoms with Gasteiger partial charge in [0.2, 0.25) is 0 Å². The van der Waals surface area contributed by atoms with Crippen molar-refractivity contribution < 1.29 is 34.0 Å². The van der Waals surface area contributed by atoms with Crippen LogP contribution in [0.25, 0.3) is 11.3 Å². The first-order chi connectivity index (χ1) is 21.2. The van der Waals surface area contributed by atoms with Crippen molar-refractivity contribution in [2.24, 2.45) is 0 Å². The van der Waals surface area contributed by atoms with E-state index in [2.05, 4.69) is 10.3 Å². The fraction of sp³-hybridized carbons (Fsp3) is 0.344. The number of aromatic nitrogens is 3. The van der Waals surface area contributed by atoms with E-state index < -0.39 is 48.8 Å². The van der Waals surface area contributed by atoms with Crippen LogP contribution >= 0.6 is 0 Å². The molecule has 0 spiro atoms. The van der Waals surface area contributed by atoms with E-state index in [4.69, 9.17) is 9.47 Å². The Morgan fingerprint density at radius 2 is 1.75 bits per heavy atom. The van der Waals surface area contributed by atoms with Gasteiger partial charge in [-0.3, -0.25) is 4.79 Å². The lowest BCUT2D eigenvalue weighted by molar-refractivity contribution is -0.210. The van der Waals surface area contributed by atoms with Crippen LogP contribution in [0.1, 0.15) is 11.6 Å². The van der Waals surface area contributed by atoms with Gasteiger partial charge >= 0.3 is 0 Å². The number of nitrogens with zero attached hydrogens (tertiary/aromatic N) is 5. The van der Waals surface area contributed by atoms with Gasteiger partial charge in [0.25, 0.3) is 5.91 Å². The minimum atomic E-state index is -1.51. The summed E-state index contributed by atoms with van der Waals surface area (Å²) >= 11 is 0. The predicted molar refractivity (Wildman–Crippen MR) is 160 cm³/mol. The molecule has 232 valence electrons. The first-order valence-electron chi connectivity index (χ1n) is 14.3. The molecule has 0 saturated carbocycles. The highest BCUT2D eigenvalue weighted by atomic mass is 19.1. The van der Waals surface area contributed by atoms with E-state index in [0.29, 0.717) is 31.0 Å². The molecule has 1 amide bonds. The number of aliphatic hydroxyl groups is 3. The number of anilines is 1. The molecule has 0 bridgehead atoms. The van der Waals surface area contributed by atoms with E-state index >= 15 is 0 Å². The summed E-state index contributed by atoms with van der Waals surface area (Å²) in [7, 11) is 3.50. The fourth-order valence-corrected chi connectivity index (χ4v) is 5.12. The molecule has 3 N–H and O–H groups in total. The summed E-state index contributed by atoms with van der Waals surface area (Å²) < 4.78 is 26.5. The standard InChI is InChI=1S/C32H36FN5O6/c1-36(24-11-13-25(14-12-24)43-20-21-7-4-3-5-8-21)15-16-37(2)32(42)31-30(41)28(29(40)27(19-39)44-31)38-18-26(34-35-38)22-9-6-10-23(33)17-22/h3-14,17-18,27-31,39-41H,15-16,19-20H2,1-2H3/t27-,28+,29+,30-,31-/m1/s1. The van der Waals surface area contributed by atoms with Gasteiger partial charge in [0.1, 0.15) is 48.2 Å². The number of aliphatic hydroxyl groups excluding tert-OH is 3. The average Bonchev–Trinajstić information content (AvgIpc) is 3.53. The summed E-state index contributed by atoms with van der Waals surface area (Å²) in [6.45, 7) is 0.665. The summed E-state index contributed by atoms with van der Waals surface area (Å²) in [6.07, 6.45) is -3.98. The number of carbonyl (C=O) groups is 1. The number of hydrogen-bond acceptors (Lipinski definition) is 9. The maximum absolute atomic E-state index is 13.7. The Morgan fingerprint density at radius 1 is 1.00 bits per heavy atom. The molecule has 5 atom stereocenters.